The lowest BCUT2D eigenvalue weighted by Crippen LogP contribution is -2.36. The minimum atomic E-state index is -1.17. The molecule has 1 rings (SSSR count). The third kappa shape index (κ3) is 3.30. The van der Waals surface area contributed by atoms with Gasteiger partial charge in [-0.3, -0.25) is 9.59 Å². The first-order valence-corrected chi connectivity index (χ1v) is 5.41. The number of halogens is 2. The molecule has 1 N–H and O–H groups in total. The van der Waals surface area contributed by atoms with Crippen LogP contribution in [-0.4, -0.2) is 35.0 Å². The number of carbonyl (C=O) groups excluding carboxylic acids is 1. The fourth-order valence-corrected chi connectivity index (χ4v) is 1.58. The SMILES string of the molecule is C=CCN(CC(=O)O)C(=O)c1cccc(F)c1Cl. The van der Waals surface area contributed by atoms with Crippen LogP contribution in [0.5, 0.6) is 0 Å². The largest absolute Gasteiger partial charge is 0.480 e. The van der Waals surface area contributed by atoms with Gasteiger partial charge in [-0.25, -0.2) is 4.39 Å². The Hall–Kier alpha value is -1.88. The molecule has 18 heavy (non-hydrogen) atoms. The number of benzene rings is 1. The summed E-state index contributed by atoms with van der Waals surface area (Å²) < 4.78 is 13.2. The van der Waals surface area contributed by atoms with Crippen molar-refractivity contribution in [1.29, 1.82) is 0 Å². The summed E-state index contributed by atoms with van der Waals surface area (Å²) in [6, 6.07) is 3.79. The van der Waals surface area contributed by atoms with Gasteiger partial charge in [0.2, 0.25) is 0 Å². The van der Waals surface area contributed by atoms with Crippen molar-refractivity contribution >= 4 is 23.5 Å². The first kappa shape index (κ1) is 14.2. The highest BCUT2D eigenvalue weighted by Gasteiger charge is 2.21. The number of nitrogens with zero attached hydrogens (tertiary/aromatic N) is 1. The van der Waals surface area contributed by atoms with Gasteiger partial charge in [0, 0.05) is 6.54 Å². The monoisotopic (exact) mass is 271 g/mol. The average Bonchev–Trinajstić information content (AvgIpc) is 2.31. The van der Waals surface area contributed by atoms with E-state index in [-0.39, 0.29) is 17.1 Å². The summed E-state index contributed by atoms with van der Waals surface area (Å²) in [6.07, 6.45) is 1.38. The van der Waals surface area contributed by atoms with Crippen LogP contribution in [0.15, 0.2) is 30.9 Å². The second-order valence-corrected chi connectivity index (χ2v) is 3.85. The van der Waals surface area contributed by atoms with Crippen LogP contribution >= 0.6 is 11.6 Å². The van der Waals surface area contributed by atoms with Crippen molar-refractivity contribution in [1.82, 2.24) is 4.90 Å². The molecule has 0 fully saturated rings. The Kier molecular flexibility index (Phi) is 4.85. The second kappa shape index (κ2) is 6.16. The molecule has 6 heteroatoms. The quantitative estimate of drug-likeness (QED) is 0.835. The highest BCUT2D eigenvalue weighted by Crippen LogP contribution is 2.21. The number of amides is 1. The molecule has 0 aliphatic rings. The molecular weight excluding hydrogens is 261 g/mol. The summed E-state index contributed by atoms with van der Waals surface area (Å²) in [5.41, 5.74) is -0.0697. The minimum Gasteiger partial charge on any atom is -0.480 e. The van der Waals surface area contributed by atoms with Crippen LogP contribution in [0, 0.1) is 5.82 Å². The van der Waals surface area contributed by atoms with Gasteiger partial charge in [-0.05, 0) is 12.1 Å². The molecule has 0 aliphatic carbocycles. The number of hydrogen-bond acceptors (Lipinski definition) is 2. The molecule has 0 heterocycles. The van der Waals surface area contributed by atoms with Gasteiger partial charge in [0.05, 0.1) is 10.6 Å². The van der Waals surface area contributed by atoms with E-state index in [0.29, 0.717) is 0 Å². The predicted molar refractivity (Wildman–Crippen MR) is 65.1 cm³/mol. The highest BCUT2D eigenvalue weighted by molar-refractivity contribution is 6.34. The first-order chi connectivity index (χ1) is 8.47. The first-order valence-electron chi connectivity index (χ1n) is 5.03. The van der Waals surface area contributed by atoms with E-state index in [1.807, 2.05) is 0 Å². The van der Waals surface area contributed by atoms with Crippen LogP contribution < -0.4 is 0 Å². The number of carbonyl (C=O) groups is 2. The summed E-state index contributed by atoms with van der Waals surface area (Å²) in [4.78, 5) is 23.7. The van der Waals surface area contributed by atoms with Crippen molar-refractivity contribution in [2.24, 2.45) is 0 Å². The second-order valence-electron chi connectivity index (χ2n) is 3.47. The van der Waals surface area contributed by atoms with E-state index in [2.05, 4.69) is 6.58 Å². The molecule has 0 saturated carbocycles. The molecular formula is C12H11ClFNO3. The van der Waals surface area contributed by atoms with Crippen molar-refractivity contribution in [3.05, 3.63) is 47.3 Å². The number of aliphatic carboxylic acids is 1. The summed E-state index contributed by atoms with van der Waals surface area (Å²) in [6.45, 7) is 2.97. The van der Waals surface area contributed by atoms with Gasteiger partial charge < -0.3 is 10.0 Å². The smallest absolute Gasteiger partial charge is 0.323 e. The Bertz CT molecular complexity index is 490. The maximum atomic E-state index is 13.2. The Labute approximate surface area is 108 Å². The molecule has 96 valence electrons. The molecule has 0 aliphatic heterocycles. The summed E-state index contributed by atoms with van der Waals surface area (Å²) >= 11 is 5.67. The maximum absolute atomic E-state index is 13.2. The van der Waals surface area contributed by atoms with Crippen LogP contribution in [-0.2, 0) is 4.79 Å². The molecule has 1 amide bonds. The summed E-state index contributed by atoms with van der Waals surface area (Å²) in [5, 5.41) is 8.38. The fourth-order valence-electron chi connectivity index (χ4n) is 1.38. The maximum Gasteiger partial charge on any atom is 0.323 e. The lowest BCUT2D eigenvalue weighted by molar-refractivity contribution is -0.137. The number of carboxylic acid groups (broad SMARTS) is 1. The van der Waals surface area contributed by atoms with Crippen LogP contribution in [0.4, 0.5) is 4.39 Å². The Morgan fingerprint density at radius 1 is 1.50 bits per heavy atom. The minimum absolute atomic E-state index is 0.0397. The van der Waals surface area contributed by atoms with Crippen LogP contribution in [0.1, 0.15) is 10.4 Å². The third-order valence-electron chi connectivity index (χ3n) is 2.14. The lowest BCUT2D eigenvalue weighted by Gasteiger charge is -2.19. The summed E-state index contributed by atoms with van der Waals surface area (Å²) in [5.74, 6) is -2.55. The third-order valence-corrected chi connectivity index (χ3v) is 2.53. The standard InChI is InChI=1S/C12H11ClFNO3/c1-2-6-15(7-10(16)17)12(18)8-4-3-5-9(14)11(8)13/h2-5H,1,6-7H2,(H,16,17). The van der Waals surface area contributed by atoms with Crippen molar-refractivity contribution in [2.75, 3.05) is 13.1 Å². The molecule has 0 atom stereocenters. The molecule has 1 aromatic rings. The van der Waals surface area contributed by atoms with E-state index in [4.69, 9.17) is 16.7 Å². The lowest BCUT2D eigenvalue weighted by atomic mass is 10.2. The molecule has 0 bridgehead atoms. The van der Waals surface area contributed by atoms with E-state index in [1.165, 1.54) is 18.2 Å². The van der Waals surface area contributed by atoms with Gasteiger partial charge in [-0.1, -0.05) is 23.7 Å². The average molecular weight is 272 g/mol. The van der Waals surface area contributed by atoms with E-state index >= 15 is 0 Å². The van der Waals surface area contributed by atoms with Gasteiger partial charge in [0.25, 0.3) is 5.91 Å². The van der Waals surface area contributed by atoms with E-state index in [0.717, 1.165) is 11.0 Å². The number of hydrogen-bond donors (Lipinski definition) is 1. The molecule has 0 radical (unpaired) electrons. The zero-order chi connectivity index (χ0) is 13.7. The van der Waals surface area contributed by atoms with Crippen LogP contribution in [0.3, 0.4) is 0 Å². The highest BCUT2D eigenvalue weighted by atomic mass is 35.5. The van der Waals surface area contributed by atoms with Gasteiger partial charge in [0.1, 0.15) is 12.4 Å². The number of rotatable bonds is 5. The van der Waals surface area contributed by atoms with Gasteiger partial charge in [-0.15, -0.1) is 6.58 Å². The zero-order valence-corrected chi connectivity index (χ0v) is 10.2. The Morgan fingerprint density at radius 3 is 2.72 bits per heavy atom. The van der Waals surface area contributed by atoms with Gasteiger partial charge in [-0.2, -0.15) is 0 Å². The van der Waals surface area contributed by atoms with Crippen molar-refractivity contribution < 1.29 is 19.1 Å². The van der Waals surface area contributed by atoms with Crippen LogP contribution in [0.25, 0.3) is 0 Å². The van der Waals surface area contributed by atoms with Crippen molar-refractivity contribution in [2.45, 2.75) is 0 Å². The van der Waals surface area contributed by atoms with Gasteiger partial charge in [0.15, 0.2) is 0 Å². The molecule has 0 aromatic heterocycles. The summed E-state index contributed by atoms with van der Waals surface area (Å²) in [7, 11) is 0. The normalized spacial score (nSPS) is 9.89. The van der Waals surface area contributed by atoms with Crippen molar-refractivity contribution in [3.8, 4) is 0 Å². The van der Waals surface area contributed by atoms with Crippen LogP contribution in [0.2, 0.25) is 5.02 Å². The predicted octanol–water partition coefficient (Wildman–Crippen LogP) is 2.19. The van der Waals surface area contributed by atoms with E-state index in [1.54, 1.807) is 0 Å². The van der Waals surface area contributed by atoms with E-state index < -0.39 is 24.2 Å². The molecule has 0 unspecified atom stereocenters. The Morgan fingerprint density at radius 2 is 2.17 bits per heavy atom. The zero-order valence-electron chi connectivity index (χ0n) is 9.40. The molecule has 1 aromatic carbocycles. The molecule has 0 saturated heterocycles. The fraction of sp³-hybridized carbons (Fsp3) is 0.167. The van der Waals surface area contributed by atoms with Crippen molar-refractivity contribution in [3.63, 3.8) is 0 Å². The Balaban J connectivity index is 3.05. The number of carboxylic acids is 1. The topological polar surface area (TPSA) is 57.6 Å². The van der Waals surface area contributed by atoms with Gasteiger partial charge >= 0.3 is 5.97 Å². The molecule has 4 nitrogen and oxygen atoms in total. The van der Waals surface area contributed by atoms with E-state index in [9.17, 15) is 14.0 Å². The molecule has 0 spiro atoms.